The number of carbonyl (C=O) groups is 1. The van der Waals surface area contributed by atoms with Gasteiger partial charge in [0.1, 0.15) is 48.8 Å². The second-order valence-electron chi connectivity index (χ2n) is 18.6. The fraction of sp³-hybridized carbons (Fsp3) is 0.317. The van der Waals surface area contributed by atoms with E-state index in [4.69, 9.17) is 52.1 Å². The van der Waals surface area contributed by atoms with E-state index in [0.717, 1.165) is 38.9 Å². The molecule has 0 bridgehead atoms. The van der Waals surface area contributed by atoms with Gasteiger partial charge >= 0.3 is 0 Å². The minimum Gasteiger partial charge on any atom is -0.374 e. The Balaban J connectivity index is 1.09. The maximum atomic E-state index is 14.4. The maximum absolute atomic E-state index is 14.4. The maximum Gasteiger partial charge on any atom is 0.256 e. The Labute approximate surface area is 440 Å². The molecule has 2 heterocycles. The second kappa shape index (κ2) is 28.1. The number of hydrogen-bond acceptors (Lipinski definition) is 12. The summed E-state index contributed by atoms with van der Waals surface area (Å²) in [7, 11) is 1.57. The average Bonchev–Trinajstić information content (AvgIpc) is 3.47. The molecule has 2 aliphatic heterocycles. The van der Waals surface area contributed by atoms with Crippen molar-refractivity contribution in [2.75, 3.05) is 20.3 Å². The fourth-order valence-electron chi connectivity index (χ4n) is 9.40. The molecule has 0 aromatic heterocycles. The van der Waals surface area contributed by atoms with Crippen molar-refractivity contribution < 1.29 is 56.9 Å². The quantitative estimate of drug-likeness (QED) is 0.0457. The van der Waals surface area contributed by atoms with Gasteiger partial charge in [0.15, 0.2) is 12.6 Å². The molecule has 0 N–H and O–H groups in total. The summed E-state index contributed by atoms with van der Waals surface area (Å²) in [6.07, 6.45) is -7.51. The van der Waals surface area contributed by atoms with Crippen LogP contribution in [0.15, 0.2) is 212 Å². The molecule has 0 amide bonds. The van der Waals surface area contributed by atoms with Gasteiger partial charge < -0.3 is 52.1 Å². The molecule has 0 spiro atoms. The first-order chi connectivity index (χ1) is 37.1. The van der Waals surface area contributed by atoms with E-state index >= 15 is 0 Å². The summed E-state index contributed by atoms with van der Waals surface area (Å²) in [5.41, 5.74) is 6.52. The van der Waals surface area contributed by atoms with E-state index in [-0.39, 0.29) is 59.5 Å². The Kier molecular flexibility index (Phi) is 20.0. The van der Waals surface area contributed by atoms with Crippen molar-refractivity contribution in [1.29, 1.82) is 0 Å². The Bertz CT molecular complexity index is 2670. The number of hydrogen-bond donors (Lipinski definition) is 0. The lowest BCUT2D eigenvalue weighted by atomic mass is 9.91. The van der Waals surface area contributed by atoms with Crippen LogP contribution in [0.5, 0.6) is 0 Å². The zero-order valence-corrected chi connectivity index (χ0v) is 42.2. The van der Waals surface area contributed by atoms with Crippen LogP contribution >= 0.6 is 0 Å². The lowest BCUT2D eigenvalue weighted by Crippen LogP contribution is -2.69. The van der Waals surface area contributed by atoms with E-state index < -0.39 is 60.9 Å². The van der Waals surface area contributed by atoms with E-state index in [1.165, 1.54) is 0 Å². The zero-order chi connectivity index (χ0) is 51.3. The summed E-state index contributed by atoms with van der Waals surface area (Å²) in [6, 6.07) is 69.0. The van der Waals surface area contributed by atoms with E-state index in [9.17, 15) is 4.79 Å². The van der Waals surface area contributed by atoms with Gasteiger partial charge in [0.2, 0.25) is 0 Å². The average molecular weight is 1020 g/mol. The van der Waals surface area contributed by atoms with Gasteiger partial charge in [0.05, 0.1) is 59.5 Å². The summed E-state index contributed by atoms with van der Waals surface area (Å²) >= 11 is 0. The molecular weight excluding hydrogens is 949 g/mol. The fourth-order valence-corrected chi connectivity index (χ4v) is 9.40. The first-order valence-electron chi connectivity index (χ1n) is 25.6. The molecule has 390 valence electrons. The molecule has 7 aromatic rings. The van der Waals surface area contributed by atoms with Gasteiger partial charge in [0, 0.05) is 7.11 Å². The Morgan fingerprint density at radius 3 is 1.11 bits per heavy atom. The summed E-state index contributed by atoms with van der Waals surface area (Å²) in [4.78, 5) is 14.4. The second-order valence-corrected chi connectivity index (χ2v) is 18.6. The number of ether oxygens (including phenoxy) is 11. The van der Waals surface area contributed by atoms with E-state index in [1.807, 2.05) is 212 Å². The van der Waals surface area contributed by atoms with Crippen LogP contribution in [0, 0.1) is 0 Å². The summed E-state index contributed by atoms with van der Waals surface area (Å²) in [6.45, 7) is 1.18. The smallest absolute Gasteiger partial charge is 0.256 e. The zero-order valence-electron chi connectivity index (χ0n) is 42.2. The van der Waals surface area contributed by atoms with Crippen molar-refractivity contribution in [1.82, 2.24) is 0 Å². The van der Waals surface area contributed by atoms with Crippen LogP contribution in [0.4, 0.5) is 0 Å². The molecule has 0 unspecified atom stereocenters. The minimum absolute atomic E-state index is 0.00816. The SMILES string of the molecule is CO[C@H]1O[C@H](CO[C@@]2(C=O)O[C@H](COCc3ccccc3)[C@H](OCc3ccccc3)[C@H](OCc3ccccc3)[C@H]2OCc2ccccc2)[C@@H](OCc2ccccc2)[C@H](OCc2ccccc2)[C@H]1OCc1ccccc1. The summed E-state index contributed by atoms with van der Waals surface area (Å²) < 4.78 is 74.9. The monoisotopic (exact) mass is 1010 g/mol. The predicted octanol–water partition coefficient (Wildman–Crippen LogP) is 10.4. The molecule has 10 atom stereocenters. The number of aldehydes is 1. The van der Waals surface area contributed by atoms with Crippen molar-refractivity contribution in [2.24, 2.45) is 0 Å². The number of carbonyl (C=O) groups excluding carboxylic acids is 1. The van der Waals surface area contributed by atoms with Crippen molar-refractivity contribution in [3.8, 4) is 0 Å². The van der Waals surface area contributed by atoms with Crippen LogP contribution in [0.1, 0.15) is 38.9 Å². The highest BCUT2D eigenvalue weighted by atomic mass is 16.8. The van der Waals surface area contributed by atoms with Gasteiger partial charge in [0.25, 0.3) is 5.79 Å². The van der Waals surface area contributed by atoms with E-state index in [1.54, 1.807) is 7.11 Å². The standard InChI is InChI=1S/C63H66O12/c1-65-62-60(71-42-52-33-19-7-20-34-52)58(69-40-50-29-15-5-16-30-50)56(67-38-48-25-11-3-12-26-48)54(74-62)45-73-63(46-64)61(72-43-53-35-21-8-22-36-53)59(70-41-51-31-17-6-18-32-51)57(68-39-49-27-13-4-14-28-49)55(75-63)44-66-37-47-23-9-2-10-24-47/h2-36,46,54-62H,37-45H2,1H3/t54-,55-,56-,57+,58+,59+,60-,61-,62+,63+/m1/s1. The van der Waals surface area contributed by atoms with Crippen molar-refractivity contribution in [3.05, 3.63) is 251 Å². The van der Waals surface area contributed by atoms with Crippen LogP contribution < -0.4 is 0 Å². The highest BCUT2D eigenvalue weighted by Gasteiger charge is 2.59. The van der Waals surface area contributed by atoms with Crippen LogP contribution in [-0.4, -0.2) is 87.5 Å². The summed E-state index contributed by atoms with van der Waals surface area (Å²) in [5, 5.41) is 0. The molecule has 0 aliphatic carbocycles. The molecule has 75 heavy (non-hydrogen) atoms. The van der Waals surface area contributed by atoms with Gasteiger partial charge in [-0.2, -0.15) is 0 Å². The Hall–Kier alpha value is -6.23. The van der Waals surface area contributed by atoms with Crippen LogP contribution in [0.25, 0.3) is 0 Å². The largest absolute Gasteiger partial charge is 0.374 e. The number of methoxy groups -OCH3 is 1. The first kappa shape index (κ1) is 53.6. The lowest BCUT2D eigenvalue weighted by molar-refractivity contribution is -0.375. The number of rotatable bonds is 27. The third-order valence-electron chi connectivity index (χ3n) is 13.3. The molecule has 12 nitrogen and oxygen atoms in total. The molecule has 7 aromatic carbocycles. The highest BCUT2D eigenvalue weighted by molar-refractivity contribution is 5.62. The predicted molar refractivity (Wildman–Crippen MR) is 282 cm³/mol. The molecule has 2 saturated heterocycles. The molecule has 2 aliphatic rings. The van der Waals surface area contributed by atoms with Gasteiger partial charge in [-0.25, -0.2) is 0 Å². The molecule has 2 fully saturated rings. The van der Waals surface area contributed by atoms with Crippen LogP contribution in [-0.2, 0) is 103 Å². The Morgan fingerprint density at radius 2 is 0.720 bits per heavy atom. The third-order valence-corrected chi connectivity index (χ3v) is 13.3. The molecule has 0 saturated carbocycles. The van der Waals surface area contributed by atoms with Crippen LogP contribution in [0.2, 0.25) is 0 Å². The first-order valence-corrected chi connectivity index (χ1v) is 25.6. The van der Waals surface area contributed by atoms with Crippen LogP contribution in [0.3, 0.4) is 0 Å². The van der Waals surface area contributed by atoms with Gasteiger partial charge in [-0.05, 0) is 38.9 Å². The normalized spacial score (nSPS) is 24.6. The van der Waals surface area contributed by atoms with Crippen molar-refractivity contribution in [3.63, 3.8) is 0 Å². The third kappa shape index (κ3) is 15.0. The van der Waals surface area contributed by atoms with Gasteiger partial charge in [-0.3, -0.25) is 4.79 Å². The minimum atomic E-state index is -2.12. The number of benzene rings is 7. The van der Waals surface area contributed by atoms with Crippen molar-refractivity contribution >= 4 is 6.29 Å². The lowest BCUT2D eigenvalue weighted by Gasteiger charge is -2.51. The molecule has 9 rings (SSSR count). The van der Waals surface area contributed by atoms with Gasteiger partial charge in [-0.1, -0.05) is 212 Å². The Morgan fingerprint density at radius 1 is 0.387 bits per heavy atom. The van der Waals surface area contributed by atoms with E-state index in [2.05, 4.69) is 0 Å². The van der Waals surface area contributed by atoms with E-state index in [0.29, 0.717) is 6.29 Å². The summed E-state index contributed by atoms with van der Waals surface area (Å²) in [5.74, 6) is -2.12. The highest BCUT2D eigenvalue weighted by Crippen LogP contribution is 2.39. The molecule has 12 heteroatoms. The molecule has 0 radical (unpaired) electrons. The molecular formula is C63H66O12. The topological polar surface area (TPSA) is 119 Å². The van der Waals surface area contributed by atoms with Gasteiger partial charge in [-0.15, -0.1) is 0 Å². The van der Waals surface area contributed by atoms with Crippen molar-refractivity contribution in [2.45, 2.75) is 107 Å².